The van der Waals surface area contributed by atoms with Crippen molar-refractivity contribution < 1.29 is 9.52 Å². The summed E-state index contributed by atoms with van der Waals surface area (Å²) in [6.45, 7) is 0.428. The van der Waals surface area contributed by atoms with Gasteiger partial charge in [-0.3, -0.25) is 4.79 Å². The molecule has 0 radical (unpaired) electrons. The molecule has 0 saturated heterocycles. The largest absolute Gasteiger partial charge is 0.502 e. The molecule has 0 atom stereocenters. The molecule has 0 aliphatic heterocycles. The highest BCUT2D eigenvalue weighted by Gasteiger charge is 2.06. The van der Waals surface area contributed by atoms with E-state index in [0.29, 0.717) is 17.3 Å². The minimum atomic E-state index is -0.444. The quantitative estimate of drug-likeness (QED) is 0.927. The van der Waals surface area contributed by atoms with Crippen LogP contribution in [0.1, 0.15) is 5.76 Å². The smallest absolute Gasteiger partial charge is 0.226 e. The Morgan fingerprint density at radius 2 is 2.00 bits per heavy atom. The molecule has 0 saturated carbocycles. The van der Waals surface area contributed by atoms with Gasteiger partial charge in [0.15, 0.2) is 5.75 Å². The second-order valence-electron chi connectivity index (χ2n) is 3.93. The van der Waals surface area contributed by atoms with E-state index in [0.717, 1.165) is 12.0 Å². The summed E-state index contributed by atoms with van der Waals surface area (Å²) in [5, 5.41) is 9.76. The number of halogens is 1. The van der Waals surface area contributed by atoms with Crippen LogP contribution in [0.5, 0.6) is 5.75 Å². The van der Waals surface area contributed by atoms with Gasteiger partial charge in [0.1, 0.15) is 12.0 Å². The number of aromatic hydroxyl groups is 1. The lowest BCUT2D eigenvalue weighted by atomic mass is 10.3. The Kier molecular flexibility index (Phi) is 3.58. The van der Waals surface area contributed by atoms with Crippen molar-refractivity contribution in [2.45, 2.75) is 6.54 Å². The molecule has 1 aromatic heterocycles. The zero-order valence-electron chi connectivity index (χ0n) is 9.76. The molecule has 5 heteroatoms. The first kappa shape index (κ1) is 12.5. The summed E-state index contributed by atoms with van der Waals surface area (Å²) in [4.78, 5) is 13.2. The van der Waals surface area contributed by atoms with E-state index in [1.807, 2.05) is 24.1 Å². The third kappa shape index (κ3) is 2.84. The Balaban J connectivity index is 2.15. The lowest BCUT2D eigenvalue weighted by Crippen LogP contribution is -2.17. The van der Waals surface area contributed by atoms with Gasteiger partial charge in [0, 0.05) is 23.8 Å². The molecule has 0 amide bonds. The van der Waals surface area contributed by atoms with E-state index in [1.54, 1.807) is 12.1 Å². The summed E-state index contributed by atoms with van der Waals surface area (Å²) in [5.41, 5.74) is 0.510. The highest BCUT2D eigenvalue weighted by molar-refractivity contribution is 6.30. The third-order valence-electron chi connectivity index (χ3n) is 2.53. The summed E-state index contributed by atoms with van der Waals surface area (Å²) < 4.78 is 5.14. The van der Waals surface area contributed by atoms with Crippen LogP contribution in [-0.2, 0) is 6.54 Å². The first-order chi connectivity index (χ1) is 8.56. The predicted molar refractivity (Wildman–Crippen MR) is 70.2 cm³/mol. The first-order valence-electron chi connectivity index (χ1n) is 5.33. The van der Waals surface area contributed by atoms with E-state index in [1.165, 1.54) is 6.07 Å². The molecule has 1 N–H and O–H groups in total. The molecular formula is C13H12ClNO3. The molecule has 0 aliphatic carbocycles. The van der Waals surface area contributed by atoms with Crippen LogP contribution in [0.2, 0.25) is 5.02 Å². The van der Waals surface area contributed by atoms with Crippen LogP contribution >= 0.6 is 11.6 Å². The molecule has 0 spiro atoms. The number of anilines is 1. The molecule has 1 heterocycles. The minimum absolute atomic E-state index is 0.382. The normalized spacial score (nSPS) is 10.3. The Labute approximate surface area is 109 Å². The van der Waals surface area contributed by atoms with Crippen LogP contribution in [0.25, 0.3) is 0 Å². The van der Waals surface area contributed by atoms with Crippen LogP contribution in [0, 0.1) is 0 Å². The lowest BCUT2D eigenvalue weighted by molar-refractivity contribution is 0.412. The molecular weight excluding hydrogens is 254 g/mol. The van der Waals surface area contributed by atoms with E-state index < -0.39 is 5.43 Å². The monoisotopic (exact) mass is 265 g/mol. The molecule has 4 nitrogen and oxygen atoms in total. The Bertz CT molecular complexity index is 592. The van der Waals surface area contributed by atoms with Gasteiger partial charge in [0.2, 0.25) is 5.43 Å². The van der Waals surface area contributed by atoms with Gasteiger partial charge in [-0.15, -0.1) is 0 Å². The van der Waals surface area contributed by atoms with Gasteiger partial charge in [-0.1, -0.05) is 11.6 Å². The van der Waals surface area contributed by atoms with E-state index in [9.17, 15) is 4.79 Å². The molecule has 0 aliphatic rings. The first-order valence-corrected chi connectivity index (χ1v) is 5.71. The fraction of sp³-hybridized carbons (Fsp3) is 0.154. The summed E-state index contributed by atoms with van der Waals surface area (Å²) in [5.74, 6) is 0.100. The Morgan fingerprint density at radius 1 is 1.33 bits per heavy atom. The summed E-state index contributed by atoms with van der Waals surface area (Å²) >= 11 is 5.81. The Morgan fingerprint density at radius 3 is 2.61 bits per heavy atom. The number of rotatable bonds is 3. The maximum absolute atomic E-state index is 11.3. The van der Waals surface area contributed by atoms with Gasteiger partial charge in [-0.2, -0.15) is 0 Å². The molecule has 0 unspecified atom stereocenters. The summed E-state index contributed by atoms with van der Waals surface area (Å²) in [6, 6.07) is 8.62. The molecule has 94 valence electrons. The second kappa shape index (κ2) is 5.14. The van der Waals surface area contributed by atoms with Crippen LogP contribution in [0.4, 0.5) is 5.69 Å². The highest BCUT2D eigenvalue weighted by Crippen LogP contribution is 2.18. The van der Waals surface area contributed by atoms with Crippen LogP contribution < -0.4 is 10.3 Å². The summed E-state index contributed by atoms with van der Waals surface area (Å²) in [7, 11) is 1.87. The van der Waals surface area contributed by atoms with Gasteiger partial charge in [0.25, 0.3) is 0 Å². The molecule has 0 bridgehead atoms. The lowest BCUT2D eigenvalue weighted by Gasteiger charge is -2.18. The fourth-order valence-electron chi connectivity index (χ4n) is 1.55. The third-order valence-corrected chi connectivity index (χ3v) is 2.78. The van der Waals surface area contributed by atoms with Gasteiger partial charge in [0.05, 0.1) is 6.54 Å². The number of hydrogen-bond donors (Lipinski definition) is 1. The average Bonchev–Trinajstić information content (AvgIpc) is 2.34. The van der Waals surface area contributed by atoms with Crippen molar-refractivity contribution in [3.05, 3.63) is 57.6 Å². The van der Waals surface area contributed by atoms with Gasteiger partial charge < -0.3 is 14.4 Å². The zero-order chi connectivity index (χ0) is 13.1. The number of nitrogens with zero attached hydrogens (tertiary/aromatic N) is 1. The van der Waals surface area contributed by atoms with Crippen molar-refractivity contribution in [2.75, 3.05) is 11.9 Å². The highest BCUT2D eigenvalue weighted by atomic mass is 35.5. The predicted octanol–water partition coefficient (Wildman–Crippen LogP) is 2.64. The molecule has 1 aromatic carbocycles. The van der Waals surface area contributed by atoms with Crippen LogP contribution in [0.3, 0.4) is 0 Å². The fourth-order valence-corrected chi connectivity index (χ4v) is 1.67. The maximum atomic E-state index is 11.3. The van der Waals surface area contributed by atoms with E-state index in [2.05, 4.69) is 0 Å². The number of benzene rings is 1. The standard InChI is InChI=1S/C13H12ClNO3/c1-15(10-4-2-9(14)3-5-10)7-11-6-12(16)13(17)8-18-11/h2-6,8,17H,7H2,1H3. The molecule has 18 heavy (non-hydrogen) atoms. The summed E-state index contributed by atoms with van der Waals surface area (Å²) in [6.07, 6.45) is 1.05. The van der Waals surface area contributed by atoms with Crippen molar-refractivity contribution in [1.29, 1.82) is 0 Å². The van der Waals surface area contributed by atoms with E-state index in [-0.39, 0.29) is 5.75 Å². The van der Waals surface area contributed by atoms with Crippen molar-refractivity contribution in [1.82, 2.24) is 0 Å². The second-order valence-corrected chi connectivity index (χ2v) is 4.36. The SMILES string of the molecule is CN(Cc1cc(=O)c(O)co1)c1ccc(Cl)cc1. The van der Waals surface area contributed by atoms with E-state index in [4.69, 9.17) is 21.1 Å². The van der Waals surface area contributed by atoms with Crippen LogP contribution in [-0.4, -0.2) is 12.2 Å². The van der Waals surface area contributed by atoms with Crippen molar-refractivity contribution in [2.24, 2.45) is 0 Å². The van der Waals surface area contributed by atoms with Gasteiger partial charge >= 0.3 is 0 Å². The van der Waals surface area contributed by atoms with Gasteiger partial charge in [-0.05, 0) is 24.3 Å². The zero-order valence-corrected chi connectivity index (χ0v) is 10.5. The van der Waals surface area contributed by atoms with Crippen molar-refractivity contribution in [3.63, 3.8) is 0 Å². The van der Waals surface area contributed by atoms with Crippen LogP contribution in [0.15, 0.2) is 45.8 Å². The Hall–Kier alpha value is -1.94. The molecule has 2 rings (SSSR count). The number of hydrogen-bond acceptors (Lipinski definition) is 4. The average molecular weight is 266 g/mol. The van der Waals surface area contributed by atoms with E-state index >= 15 is 0 Å². The maximum Gasteiger partial charge on any atom is 0.226 e. The molecule has 2 aromatic rings. The van der Waals surface area contributed by atoms with Crippen molar-refractivity contribution >= 4 is 17.3 Å². The topological polar surface area (TPSA) is 53.7 Å². The molecule has 0 fully saturated rings. The van der Waals surface area contributed by atoms with Gasteiger partial charge in [-0.25, -0.2) is 0 Å². The van der Waals surface area contributed by atoms with Crippen molar-refractivity contribution in [3.8, 4) is 5.75 Å². The minimum Gasteiger partial charge on any atom is -0.502 e.